The highest BCUT2D eigenvalue weighted by atomic mass is 32.2. The van der Waals surface area contributed by atoms with E-state index in [-0.39, 0.29) is 29.7 Å². The third-order valence-electron chi connectivity index (χ3n) is 6.14. The molecular formula is C20H35N3O5S. The molecule has 3 aliphatic rings. The van der Waals surface area contributed by atoms with Crippen molar-refractivity contribution >= 4 is 22.0 Å². The third-order valence-corrected chi connectivity index (χ3v) is 8.06. The first-order valence-corrected chi connectivity index (χ1v) is 12.3. The molecule has 3 rings (SSSR count). The van der Waals surface area contributed by atoms with E-state index in [9.17, 15) is 18.0 Å². The molecule has 0 unspecified atom stereocenters. The van der Waals surface area contributed by atoms with Gasteiger partial charge in [-0.15, -0.1) is 0 Å². The van der Waals surface area contributed by atoms with Crippen LogP contribution in [0.2, 0.25) is 0 Å². The van der Waals surface area contributed by atoms with Crippen LogP contribution in [0.5, 0.6) is 0 Å². The molecule has 3 saturated heterocycles. The Balaban J connectivity index is 1.74. The molecule has 0 aliphatic carbocycles. The smallest absolute Gasteiger partial charge is 0.410 e. The van der Waals surface area contributed by atoms with Gasteiger partial charge in [0.2, 0.25) is 15.9 Å². The molecule has 3 heterocycles. The van der Waals surface area contributed by atoms with Crippen LogP contribution in [-0.4, -0.2) is 84.1 Å². The number of amides is 2. The van der Waals surface area contributed by atoms with Gasteiger partial charge in [0.25, 0.3) is 0 Å². The molecule has 0 N–H and O–H groups in total. The van der Waals surface area contributed by atoms with E-state index < -0.39 is 21.7 Å². The summed E-state index contributed by atoms with van der Waals surface area (Å²) in [4.78, 5) is 29.6. The first kappa shape index (κ1) is 22.3. The van der Waals surface area contributed by atoms with Crippen molar-refractivity contribution in [3.8, 4) is 0 Å². The first-order valence-electron chi connectivity index (χ1n) is 10.7. The number of carbonyl (C=O) groups excluding carboxylic acids is 2. The van der Waals surface area contributed by atoms with Gasteiger partial charge in [-0.1, -0.05) is 13.8 Å². The summed E-state index contributed by atoms with van der Waals surface area (Å²) in [6.07, 6.45) is 1.98. The van der Waals surface area contributed by atoms with Gasteiger partial charge in [-0.3, -0.25) is 4.79 Å². The number of sulfonamides is 1. The van der Waals surface area contributed by atoms with Gasteiger partial charge in [0.1, 0.15) is 11.6 Å². The van der Waals surface area contributed by atoms with E-state index in [0.29, 0.717) is 38.5 Å². The number of fused-ring (bicyclic) bond motifs is 1. The highest BCUT2D eigenvalue weighted by Crippen LogP contribution is 2.34. The summed E-state index contributed by atoms with van der Waals surface area (Å²) in [5.74, 6) is 0.221. The van der Waals surface area contributed by atoms with Gasteiger partial charge >= 0.3 is 6.09 Å². The van der Waals surface area contributed by atoms with Crippen molar-refractivity contribution in [3.63, 3.8) is 0 Å². The van der Waals surface area contributed by atoms with Gasteiger partial charge in [-0.2, -0.15) is 4.31 Å². The molecule has 3 atom stereocenters. The lowest BCUT2D eigenvalue weighted by molar-refractivity contribution is -0.139. The van der Waals surface area contributed by atoms with Gasteiger partial charge in [0, 0.05) is 26.2 Å². The zero-order chi connectivity index (χ0) is 21.6. The first-order chi connectivity index (χ1) is 13.4. The Labute approximate surface area is 174 Å². The van der Waals surface area contributed by atoms with Crippen molar-refractivity contribution < 1.29 is 22.7 Å². The van der Waals surface area contributed by atoms with Crippen LogP contribution in [0.3, 0.4) is 0 Å². The Kier molecular flexibility index (Phi) is 6.21. The molecule has 3 fully saturated rings. The molecule has 0 bridgehead atoms. The van der Waals surface area contributed by atoms with E-state index in [4.69, 9.17) is 4.74 Å². The SMILES string of the molecule is CC(C)[C@H](C(=O)N1CC[C@H]2CCN(C(=O)OC(C)(C)C)[C@H]2C1)N1CCCS1(=O)=O. The van der Waals surface area contributed by atoms with Crippen LogP contribution in [-0.2, 0) is 19.6 Å². The molecule has 2 amide bonds. The number of likely N-dealkylation sites (tertiary alicyclic amines) is 2. The van der Waals surface area contributed by atoms with Crippen LogP contribution in [0.1, 0.15) is 53.9 Å². The zero-order valence-corrected chi connectivity index (χ0v) is 19.1. The van der Waals surface area contributed by atoms with Crippen molar-refractivity contribution in [2.45, 2.75) is 71.6 Å². The van der Waals surface area contributed by atoms with Gasteiger partial charge in [-0.05, 0) is 51.9 Å². The fraction of sp³-hybridized carbons (Fsp3) is 0.900. The van der Waals surface area contributed by atoms with Crippen molar-refractivity contribution in [3.05, 3.63) is 0 Å². The monoisotopic (exact) mass is 429 g/mol. The molecular weight excluding hydrogens is 394 g/mol. The fourth-order valence-corrected chi connectivity index (χ4v) is 6.60. The van der Waals surface area contributed by atoms with Crippen molar-refractivity contribution in [2.75, 3.05) is 31.9 Å². The van der Waals surface area contributed by atoms with Crippen LogP contribution in [0.4, 0.5) is 4.79 Å². The number of nitrogens with zero attached hydrogens (tertiary/aromatic N) is 3. The molecule has 9 heteroatoms. The maximum absolute atomic E-state index is 13.4. The lowest BCUT2D eigenvalue weighted by Gasteiger charge is -2.41. The van der Waals surface area contributed by atoms with Crippen molar-refractivity contribution in [2.24, 2.45) is 11.8 Å². The van der Waals surface area contributed by atoms with Crippen molar-refractivity contribution in [1.29, 1.82) is 0 Å². The molecule has 3 aliphatic heterocycles. The number of ether oxygens (including phenoxy) is 1. The van der Waals surface area contributed by atoms with E-state index in [1.807, 2.05) is 34.6 Å². The Hall–Kier alpha value is -1.35. The molecule has 8 nitrogen and oxygen atoms in total. The summed E-state index contributed by atoms with van der Waals surface area (Å²) in [5, 5.41) is 0. The average molecular weight is 430 g/mol. The van der Waals surface area contributed by atoms with Crippen molar-refractivity contribution in [1.82, 2.24) is 14.1 Å². The van der Waals surface area contributed by atoms with E-state index >= 15 is 0 Å². The summed E-state index contributed by atoms with van der Waals surface area (Å²) in [6.45, 7) is 11.4. The topological polar surface area (TPSA) is 87.2 Å². The minimum Gasteiger partial charge on any atom is -0.444 e. The van der Waals surface area contributed by atoms with Crippen LogP contribution in [0, 0.1) is 11.8 Å². The predicted octanol–water partition coefficient (Wildman–Crippen LogP) is 1.90. The Morgan fingerprint density at radius 3 is 2.28 bits per heavy atom. The molecule has 0 aromatic carbocycles. The molecule has 0 aromatic heterocycles. The molecule has 0 radical (unpaired) electrons. The molecule has 0 spiro atoms. The number of piperidine rings is 1. The minimum atomic E-state index is -3.38. The zero-order valence-electron chi connectivity index (χ0n) is 18.3. The van der Waals surface area contributed by atoms with E-state index in [1.165, 1.54) is 4.31 Å². The van der Waals surface area contributed by atoms with Gasteiger partial charge in [0.15, 0.2) is 0 Å². The average Bonchev–Trinajstić information content (AvgIpc) is 3.16. The number of carbonyl (C=O) groups is 2. The van der Waals surface area contributed by atoms with E-state index in [0.717, 1.165) is 12.8 Å². The summed E-state index contributed by atoms with van der Waals surface area (Å²) in [6, 6.07) is -0.735. The lowest BCUT2D eigenvalue weighted by atomic mass is 9.91. The largest absolute Gasteiger partial charge is 0.444 e. The maximum Gasteiger partial charge on any atom is 0.410 e. The predicted molar refractivity (Wildman–Crippen MR) is 110 cm³/mol. The van der Waals surface area contributed by atoms with E-state index in [1.54, 1.807) is 9.80 Å². The molecule has 29 heavy (non-hydrogen) atoms. The normalized spacial score (nSPS) is 28.5. The van der Waals surface area contributed by atoms with Crippen LogP contribution < -0.4 is 0 Å². The molecule has 0 saturated carbocycles. The number of hydrogen-bond donors (Lipinski definition) is 0. The van der Waals surface area contributed by atoms with Crippen LogP contribution >= 0.6 is 0 Å². The van der Waals surface area contributed by atoms with Gasteiger partial charge in [-0.25, -0.2) is 13.2 Å². The highest BCUT2D eigenvalue weighted by Gasteiger charge is 2.46. The molecule has 0 aromatic rings. The maximum atomic E-state index is 13.4. The second-order valence-corrected chi connectivity index (χ2v) is 11.9. The Morgan fingerprint density at radius 1 is 1.07 bits per heavy atom. The Bertz CT molecular complexity index is 746. The van der Waals surface area contributed by atoms with E-state index in [2.05, 4.69) is 0 Å². The number of rotatable bonds is 3. The Morgan fingerprint density at radius 2 is 1.72 bits per heavy atom. The molecule has 166 valence electrons. The highest BCUT2D eigenvalue weighted by molar-refractivity contribution is 7.89. The number of hydrogen-bond acceptors (Lipinski definition) is 5. The minimum absolute atomic E-state index is 0.0643. The third kappa shape index (κ3) is 4.71. The summed E-state index contributed by atoms with van der Waals surface area (Å²) >= 11 is 0. The second kappa shape index (κ2) is 8.06. The summed E-state index contributed by atoms with van der Waals surface area (Å²) < 4.78 is 31.8. The second-order valence-electron chi connectivity index (χ2n) is 9.83. The lowest BCUT2D eigenvalue weighted by Crippen LogP contribution is -2.57. The van der Waals surface area contributed by atoms with Gasteiger partial charge in [0.05, 0.1) is 11.8 Å². The van der Waals surface area contributed by atoms with Crippen LogP contribution in [0.25, 0.3) is 0 Å². The fourth-order valence-electron chi connectivity index (χ4n) is 4.79. The quantitative estimate of drug-likeness (QED) is 0.684. The van der Waals surface area contributed by atoms with Gasteiger partial charge < -0.3 is 14.5 Å². The summed E-state index contributed by atoms with van der Waals surface area (Å²) in [5.41, 5.74) is -0.563. The standard InChI is InChI=1S/C20H35N3O5S/c1-14(2)17(23-9-6-12-29(23,26)27)18(24)21-10-7-15-8-11-22(16(15)13-21)19(25)28-20(3,4)5/h14-17H,6-13H2,1-5H3/t15-,16-,17+/m0/s1. The summed E-state index contributed by atoms with van der Waals surface area (Å²) in [7, 11) is -3.38. The van der Waals surface area contributed by atoms with Crippen LogP contribution in [0.15, 0.2) is 0 Å².